The Morgan fingerprint density at radius 3 is 2.41 bits per heavy atom. The second-order valence-corrected chi connectivity index (χ2v) is 16.0. The third kappa shape index (κ3) is 10.9. The molecule has 2 amide bonds. The van der Waals surface area contributed by atoms with Crippen molar-refractivity contribution >= 4 is 28.9 Å². The molecule has 3 atom stereocenters. The molecular formula is C49H50N6O9. The van der Waals surface area contributed by atoms with Crippen LogP contribution in [0.4, 0.5) is 4.79 Å². The number of aromatic hydroxyl groups is 1. The lowest BCUT2D eigenvalue weighted by atomic mass is 9.86. The lowest BCUT2D eigenvalue weighted by molar-refractivity contribution is -0.0336. The molecule has 6 N–H and O–H groups in total. The first kappa shape index (κ1) is 43.6. The van der Waals surface area contributed by atoms with Gasteiger partial charge >= 0.3 is 12.1 Å². The van der Waals surface area contributed by atoms with Crippen LogP contribution in [0.3, 0.4) is 0 Å². The summed E-state index contributed by atoms with van der Waals surface area (Å²) in [6.45, 7) is 3.71. The molecule has 4 aromatic carbocycles. The third-order valence-corrected chi connectivity index (χ3v) is 11.7. The summed E-state index contributed by atoms with van der Waals surface area (Å²) in [5.41, 5.74) is 4.38. The molecule has 15 nitrogen and oxygen atoms in total. The van der Waals surface area contributed by atoms with Gasteiger partial charge in [0, 0.05) is 37.3 Å². The van der Waals surface area contributed by atoms with E-state index in [1.807, 2.05) is 54.6 Å². The van der Waals surface area contributed by atoms with Crippen molar-refractivity contribution in [2.75, 3.05) is 39.3 Å². The highest BCUT2D eigenvalue weighted by atomic mass is 16.6. The Labute approximate surface area is 369 Å². The van der Waals surface area contributed by atoms with Crippen LogP contribution >= 0.6 is 0 Å². The zero-order valence-corrected chi connectivity index (χ0v) is 35.1. The van der Waals surface area contributed by atoms with Crippen LogP contribution in [0.2, 0.25) is 0 Å². The quantitative estimate of drug-likeness (QED) is 0.0495. The molecule has 3 saturated heterocycles. The van der Waals surface area contributed by atoms with E-state index in [2.05, 4.69) is 30.8 Å². The van der Waals surface area contributed by atoms with Crippen LogP contribution in [0.25, 0.3) is 10.9 Å². The Morgan fingerprint density at radius 2 is 1.66 bits per heavy atom. The van der Waals surface area contributed by atoms with E-state index in [-0.39, 0.29) is 55.1 Å². The van der Waals surface area contributed by atoms with Gasteiger partial charge < -0.3 is 45.4 Å². The molecule has 2 aromatic heterocycles. The molecule has 0 saturated carbocycles. The van der Waals surface area contributed by atoms with Crippen molar-refractivity contribution in [2.24, 2.45) is 5.92 Å². The molecule has 2 unspecified atom stereocenters. The zero-order valence-electron chi connectivity index (χ0n) is 35.1. The van der Waals surface area contributed by atoms with Crippen LogP contribution in [0.5, 0.6) is 11.5 Å². The van der Waals surface area contributed by atoms with Crippen LogP contribution in [0.15, 0.2) is 126 Å². The first-order valence-corrected chi connectivity index (χ1v) is 21.4. The van der Waals surface area contributed by atoms with Gasteiger partial charge in [0.25, 0.3) is 5.91 Å². The summed E-state index contributed by atoms with van der Waals surface area (Å²) < 4.78 is 17.5. The van der Waals surface area contributed by atoms with Gasteiger partial charge in [0.15, 0.2) is 0 Å². The Kier molecular flexibility index (Phi) is 13.9. The number of pyridine rings is 2. The van der Waals surface area contributed by atoms with Crippen LogP contribution in [-0.2, 0) is 22.6 Å². The number of phenols is 1. The summed E-state index contributed by atoms with van der Waals surface area (Å²) in [7, 11) is 0. The first-order valence-electron chi connectivity index (χ1n) is 21.4. The molecule has 330 valence electrons. The molecular weight excluding hydrogens is 817 g/mol. The predicted molar refractivity (Wildman–Crippen MR) is 238 cm³/mol. The minimum Gasteiger partial charge on any atom is -0.506 e. The van der Waals surface area contributed by atoms with E-state index in [0.717, 1.165) is 49.2 Å². The fraction of sp³-hybridized carbons (Fsp3) is 0.286. The Morgan fingerprint density at radius 1 is 0.875 bits per heavy atom. The molecule has 5 heterocycles. The monoisotopic (exact) mass is 866 g/mol. The number of fused-ring (bicyclic) bond motifs is 4. The van der Waals surface area contributed by atoms with E-state index in [0.29, 0.717) is 46.0 Å². The highest BCUT2D eigenvalue weighted by Crippen LogP contribution is 2.31. The lowest BCUT2D eigenvalue weighted by Crippen LogP contribution is -2.52. The molecule has 3 aliphatic rings. The molecule has 3 aliphatic heterocycles. The Hall–Kier alpha value is -7.07. The van der Waals surface area contributed by atoms with Crippen molar-refractivity contribution in [3.05, 3.63) is 171 Å². The summed E-state index contributed by atoms with van der Waals surface area (Å²) >= 11 is 0. The molecule has 9 rings (SSSR count). The fourth-order valence-corrected chi connectivity index (χ4v) is 8.18. The summed E-state index contributed by atoms with van der Waals surface area (Å²) in [6.07, 6.45) is 2.08. The number of aromatic nitrogens is 2. The van der Waals surface area contributed by atoms with Gasteiger partial charge in [-0.25, -0.2) is 9.59 Å². The largest absolute Gasteiger partial charge is 0.506 e. The number of esters is 1. The number of nitrogens with zero attached hydrogens (tertiary/aromatic N) is 2. The summed E-state index contributed by atoms with van der Waals surface area (Å²) in [4.78, 5) is 59.7. The maximum Gasteiger partial charge on any atom is 0.408 e. The number of amides is 2. The number of H-pyrrole nitrogens is 1. The second-order valence-electron chi connectivity index (χ2n) is 16.0. The molecule has 0 spiro atoms. The summed E-state index contributed by atoms with van der Waals surface area (Å²) in [5, 5.41) is 30.4. The number of carbonyl (C=O) groups excluding carboxylic acids is 3. The van der Waals surface area contributed by atoms with Gasteiger partial charge in [-0.2, -0.15) is 0 Å². The maximum absolute atomic E-state index is 13.2. The van der Waals surface area contributed by atoms with Crippen molar-refractivity contribution in [1.82, 2.24) is 30.8 Å². The molecule has 64 heavy (non-hydrogen) atoms. The van der Waals surface area contributed by atoms with Gasteiger partial charge in [0.05, 0.1) is 41.0 Å². The number of nitrogens with one attached hydrogen (secondary N) is 4. The van der Waals surface area contributed by atoms with Gasteiger partial charge in [0.1, 0.15) is 30.8 Å². The number of hydrogen-bond acceptors (Lipinski definition) is 12. The molecule has 3 fully saturated rings. The van der Waals surface area contributed by atoms with Crippen LogP contribution in [0, 0.1) is 5.92 Å². The average Bonchev–Trinajstić information content (AvgIpc) is 3.32. The number of hydrogen-bond donors (Lipinski definition) is 6. The number of aliphatic hydroxyl groups is 1. The van der Waals surface area contributed by atoms with Crippen LogP contribution in [-0.4, -0.2) is 88.5 Å². The Bertz CT molecular complexity index is 2620. The molecule has 15 heteroatoms. The van der Waals surface area contributed by atoms with E-state index in [1.54, 1.807) is 48.5 Å². The number of ether oxygens (including phenoxy) is 3. The number of phenolic OH excluding ortho intramolecular Hbond substituents is 1. The Balaban J connectivity index is 0.758. The van der Waals surface area contributed by atoms with Gasteiger partial charge in [0.2, 0.25) is 5.56 Å². The number of alkyl carbamates (subject to hydrolysis) is 1. The predicted octanol–water partition coefficient (Wildman–Crippen LogP) is 5.53. The minimum atomic E-state index is -0.925. The van der Waals surface area contributed by atoms with E-state index in [9.17, 15) is 29.4 Å². The SMILES string of the molecule is O=C(N[C@@H](c1ccccc1)c1cccc(OCc2ccc(C(=O)OCCNC(=O)c3ccc(CNCC(O)c4ccc(O)c5[nH]c(=O)ccc45)nc3)cc2)c1)OC1CN2CCC1CC2. The topological polar surface area (TPSA) is 204 Å². The molecule has 2 bridgehead atoms. The van der Waals surface area contributed by atoms with Gasteiger partial charge in [-0.05, 0) is 103 Å². The normalized spacial score (nSPS) is 17.5. The van der Waals surface area contributed by atoms with Crippen molar-refractivity contribution in [2.45, 2.75) is 44.2 Å². The van der Waals surface area contributed by atoms with Crippen molar-refractivity contribution in [3.63, 3.8) is 0 Å². The number of aliphatic hydroxyl groups excluding tert-OH is 1. The number of aromatic amines is 1. The van der Waals surface area contributed by atoms with E-state index in [1.165, 1.54) is 18.3 Å². The smallest absolute Gasteiger partial charge is 0.408 e. The van der Waals surface area contributed by atoms with Crippen molar-refractivity contribution in [1.29, 1.82) is 0 Å². The summed E-state index contributed by atoms with van der Waals surface area (Å²) in [5.74, 6) is 0.0366. The van der Waals surface area contributed by atoms with Gasteiger partial charge in [-0.3, -0.25) is 19.5 Å². The van der Waals surface area contributed by atoms with Crippen LogP contribution in [0.1, 0.15) is 73.7 Å². The van der Waals surface area contributed by atoms with Crippen molar-refractivity contribution < 1.29 is 38.8 Å². The molecule has 0 aliphatic carbocycles. The highest BCUT2D eigenvalue weighted by molar-refractivity contribution is 5.94. The number of carbonyl (C=O) groups is 3. The standard InChI is InChI=1S/C49H50N6O9/c56-41-17-15-39(40-16-18-44(58)53-46(40)41)42(57)28-50-27-37-14-13-36(26-52-37)47(59)51-21-24-62-48(60)34-11-9-31(10-12-34)30-63-38-8-4-7-35(25-38)45(33-5-2-1-3-6-33)54-49(61)64-43-29-55-22-19-32(43)20-23-55/h1-18,25-26,32,42-43,45,50,56-57H,19-24,27-30H2,(H,51,59)(H,53,58)(H,54,61)/t42?,43?,45-/m0/s1. The second kappa shape index (κ2) is 20.4. The average molecular weight is 867 g/mol. The van der Waals surface area contributed by atoms with Crippen LogP contribution < -0.4 is 26.2 Å². The van der Waals surface area contributed by atoms with E-state index >= 15 is 0 Å². The lowest BCUT2D eigenvalue weighted by Gasteiger charge is -2.43. The molecule has 6 aromatic rings. The van der Waals surface area contributed by atoms with E-state index in [4.69, 9.17) is 14.2 Å². The number of benzene rings is 4. The summed E-state index contributed by atoms with van der Waals surface area (Å²) in [6, 6.07) is 33.1. The van der Waals surface area contributed by atoms with Gasteiger partial charge in [-0.1, -0.05) is 60.7 Å². The fourth-order valence-electron chi connectivity index (χ4n) is 8.18. The minimum absolute atomic E-state index is 0.0355. The third-order valence-electron chi connectivity index (χ3n) is 11.7. The van der Waals surface area contributed by atoms with Crippen molar-refractivity contribution in [3.8, 4) is 11.5 Å². The number of rotatable bonds is 17. The zero-order chi connectivity index (χ0) is 44.4. The first-order chi connectivity index (χ1) is 31.2. The van der Waals surface area contributed by atoms with Gasteiger partial charge in [-0.15, -0.1) is 0 Å². The van der Waals surface area contributed by atoms with E-state index < -0.39 is 24.2 Å². The number of piperidine rings is 3. The molecule has 0 radical (unpaired) electrons. The highest BCUT2D eigenvalue weighted by Gasteiger charge is 2.37. The maximum atomic E-state index is 13.2.